The summed E-state index contributed by atoms with van der Waals surface area (Å²) in [4.78, 5) is 11.6. The Morgan fingerprint density at radius 2 is 2.23 bits per heavy atom. The van der Waals surface area contributed by atoms with Gasteiger partial charge < -0.3 is 14.8 Å². The molecule has 7 heteroatoms. The first-order valence-corrected chi connectivity index (χ1v) is 9.17. The van der Waals surface area contributed by atoms with Crippen LogP contribution in [0.2, 0.25) is 0 Å². The summed E-state index contributed by atoms with van der Waals surface area (Å²) in [7, 11) is -1.50. The van der Waals surface area contributed by atoms with Crippen molar-refractivity contribution in [3.63, 3.8) is 0 Å². The lowest BCUT2D eigenvalue weighted by Gasteiger charge is -2.25. The Balaban J connectivity index is 1.82. The van der Waals surface area contributed by atoms with E-state index >= 15 is 0 Å². The fourth-order valence-corrected chi connectivity index (χ4v) is 2.85. The summed E-state index contributed by atoms with van der Waals surface area (Å²) in [6, 6.07) is 5.71. The SMILES string of the molecule is COc1ccc2c(c1)OC[C@@H](CNC(=O)CCS(C)(=O)=O)C2. The zero-order valence-electron chi connectivity index (χ0n) is 12.8. The zero-order chi connectivity index (χ0) is 16.2. The Bertz CT molecular complexity index is 641. The van der Waals surface area contributed by atoms with Crippen LogP contribution in [0.15, 0.2) is 18.2 Å². The Morgan fingerprint density at radius 1 is 1.45 bits per heavy atom. The fourth-order valence-electron chi connectivity index (χ4n) is 2.30. The number of carbonyl (C=O) groups excluding carboxylic acids is 1. The second kappa shape index (κ2) is 7.00. The minimum atomic E-state index is -3.11. The van der Waals surface area contributed by atoms with Crippen LogP contribution in [0.25, 0.3) is 0 Å². The molecule has 0 saturated carbocycles. The zero-order valence-corrected chi connectivity index (χ0v) is 13.6. The normalized spacial score (nSPS) is 17.3. The maximum atomic E-state index is 11.6. The van der Waals surface area contributed by atoms with Crippen molar-refractivity contribution in [1.82, 2.24) is 5.32 Å². The fraction of sp³-hybridized carbons (Fsp3) is 0.533. The smallest absolute Gasteiger partial charge is 0.221 e. The molecule has 1 aromatic rings. The second-order valence-electron chi connectivity index (χ2n) is 5.54. The van der Waals surface area contributed by atoms with Crippen LogP contribution in [0, 0.1) is 5.92 Å². The van der Waals surface area contributed by atoms with E-state index in [1.54, 1.807) is 7.11 Å². The van der Waals surface area contributed by atoms with E-state index in [0.717, 1.165) is 29.7 Å². The molecule has 0 aliphatic carbocycles. The second-order valence-corrected chi connectivity index (χ2v) is 7.80. The molecule has 0 saturated heterocycles. The van der Waals surface area contributed by atoms with Gasteiger partial charge in [-0.25, -0.2) is 8.42 Å². The average molecular weight is 327 g/mol. The van der Waals surface area contributed by atoms with Crippen molar-refractivity contribution in [2.45, 2.75) is 12.8 Å². The molecule has 1 amide bonds. The topological polar surface area (TPSA) is 81.7 Å². The van der Waals surface area contributed by atoms with E-state index in [0.29, 0.717) is 13.2 Å². The lowest BCUT2D eigenvalue weighted by atomic mass is 9.96. The van der Waals surface area contributed by atoms with Crippen molar-refractivity contribution in [3.05, 3.63) is 23.8 Å². The summed E-state index contributed by atoms with van der Waals surface area (Å²) in [6.07, 6.45) is 1.94. The molecular formula is C15H21NO5S. The van der Waals surface area contributed by atoms with Gasteiger partial charge in [-0.05, 0) is 18.1 Å². The van der Waals surface area contributed by atoms with E-state index in [2.05, 4.69) is 5.32 Å². The van der Waals surface area contributed by atoms with Crippen LogP contribution in [-0.2, 0) is 21.1 Å². The van der Waals surface area contributed by atoms with E-state index in [9.17, 15) is 13.2 Å². The third-order valence-electron chi connectivity index (χ3n) is 3.55. The van der Waals surface area contributed by atoms with Crippen molar-refractivity contribution >= 4 is 15.7 Å². The van der Waals surface area contributed by atoms with E-state index in [1.165, 1.54) is 0 Å². The van der Waals surface area contributed by atoms with E-state index in [4.69, 9.17) is 9.47 Å². The third-order valence-corrected chi connectivity index (χ3v) is 4.49. The number of benzene rings is 1. The lowest BCUT2D eigenvalue weighted by molar-refractivity contribution is -0.120. The van der Waals surface area contributed by atoms with Crippen molar-refractivity contribution in [2.75, 3.05) is 32.3 Å². The van der Waals surface area contributed by atoms with Crippen LogP contribution in [0.4, 0.5) is 0 Å². The quantitative estimate of drug-likeness (QED) is 0.836. The van der Waals surface area contributed by atoms with Crippen LogP contribution in [0.3, 0.4) is 0 Å². The van der Waals surface area contributed by atoms with Gasteiger partial charge >= 0.3 is 0 Å². The van der Waals surface area contributed by atoms with Gasteiger partial charge in [0.15, 0.2) is 0 Å². The Labute approximate surface area is 130 Å². The molecule has 6 nitrogen and oxygen atoms in total. The Kier molecular flexibility index (Phi) is 5.28. The Hall–Kier alpha value is -1.76. The molecule has 1 N–H and O–H groups in total. The maximum Gasteiger partial charge on any atom is 0.221 e. The van der Waals surface area contributed by atoms with E-state index in [1.807, 2.05) is 18.2 Å². The van der Waals surface area contributed by atoms with Gasteiger partial charge in [0, 0.05) is 31.2 Å². The van der Waals surface area contributed by atoms with Gasteiger partial charge in [-0.2, -0.15) is 0 Å². The third kappa shape index (κ3) is 4.91. The molecule has 1 aliphatic rings. The highest BCUT2D eigenvalue weighted by Crippen LogP contribution is 2.30. The van der Waals surface area contributed by atoms with Crippen molar-refractivity contribution in [2.24, 2.45) is 5.92 Å². The molecule has 1 atom stereocenters. The number of carbonyl (C=O) groups is 1. The molecular weight excluding hydrogens is 306 g/mol. The summed E-state index contributed by atoms with van der Waals surface area (Å²) < 4.78 is 32.9. The largest absolute Gasteiger partial charge is 0.497 e. The molecule has 0 spiro atoms. The highest BCUT2D eigenvalue weighted by molar-refractivity contribution is 7.90. The molecule has 1 heterocycles. The first-order chi connectivity index (χ1) is 10.4. The predicted octanol–water partition coefficient (Wildman–Crippen LogP) is 0.797. The summed E-state index contributed by atoms with van der Waals surface area (Å²) in [5.74, 6) is 1.39. The maximum absolute atomic E-state index is 11.6. The standard InChI is InChI=1S/C15H21NO5S/c1-20-13-4-3-12-7-11(10-21-14(12)8-13)9-16-15(17)5-6-22(2,18)19/h3-4,8,11H,5-7,9-10H2,1-2H3,(H,16,17)/t11-/m1/s1. The summed E-state index contributed by atoms with van der Waals surface area (Å²) in [5, 5.41) is 2.77. The monoisotopic (exact) mass is 327 g/mol. The number of sulfone groups is 1. The highest BCUT2D eigenvalue weighted by Gasteiger charge is 2.21. The number of nitrogens with one attached hydrogen (secondary N) is 1. The van der Waals surface area contributed by atoms with Crippen LogP contribution in [0.1, 0.15) is 12.0 Å². The molecule has 2 rings (SSSR count). The Morgan fingerprint density at radius 3 is 2.91 bits per heavy atom. The number of amides is 1. The van der Waals surface area contributed by atoms with Crippen LogP contribution in [-0.4, -0.2) is 46.6 Å². The minimum Gasteiger partial charge on any atom is -0.497 e. The van der Waals surface area contributed by atoms with E-state index < -0.39 is 9.84 Å². The summed E-state index contributed by atoms with van der Waals surface area (Å²) in [6.45, 7) is 1.00. The number of ether oxygens (including phenoxy) is 2. The molecule has 0 bridgehead atoms. The van der Waals surface area contributed by atoms with Crippen molar-refractivity contribution in [3.8, 4) is 11.5 Å². The van der Waals surface area contributed by atoms with Crippen LogP contribution < -0.4 is 14.8 Å². The average Bonchev–Trinajstić information content (AvgIpc) is 2.49. The van der Waals surface area contributed by atoms with Crippen molar-refractivity contribution in [1.29, 1.82) is 0 Å². The van der Waals surface area contributed by atoms with Crippen molar-refractivity contribution < 1.29 is 22.7 Å². The molecule has 1 aliphatic heterocycles. The number of fused-ring (bicyclic) bond motifs is 1. The predicted molar refractivity (Wildman–Crippen MR) is 83.0 cm³/mol. The molecule has 22 heavy (non-hydrogen) atoms. The van der Waals surface area contributed by atoms with Gasteiger partial charge in [0.2, 0.25) is 5.91 Å². The van der Waals surface area contributed by atoms with E-state index in [-0.39, 0.29) is 24.0 Å². The number of rotatable bonds is 6. The summed E-state index contributed by atoms with van der Waals surface area (Å²) >= 11 is 0. The van der Waals surface area contributed by atoms with Crippen LogP contribution in [0.5, 0.6) is 11.5 Å². The van der Waals surface area contributed by atoms with Gasteiger partial charge in [-0.15, -0.1) is 0 Å². The van der Waals surface area contributed by atoms with Gasteiger partial charge in [-0.3, -0.25) is 4.79 Å². The van der Waals surface area contributed by atoms with Gasteiger partial charge in [0.1, 0.15) is 21.3 Å². The van der Waals surface area contributed by atoms with Gasteiger partial charge in [0.25, 0.3) is 0 Å². The van der Waals surface area contributed by atoms with Gasteiger partial charge in [-0.1, -0.05) is 6.07 Å². The highest BCUT2D eigenvalue weighted by atomic mass is 32.2. The molecule has 1 aromatic carbocycles. The molecule has 0 radical (unpaired) electrons. The first kappa shape index (κ1) is 16.6. The lowest BCUT2D eigenvalue weighted by Crippen LogP contribution is -2.35. The molecule has 122 valence electrons. The molecule has 0 unspecified atom stereocenters. The number of hydrogen-bond donors (Lipinski definition) is 1. The number of hydrogen-bond acceptors (Lipinski definition) is 5. The summed E-state index contributed by atoms with van der Waals surface area (Å²) in [5.41, 5.74) is 1.09. The molecule has 0 aromatic heterocycles. The molecule has 0 fully saturated rings. The number of methoxy groups -OCH3 is 1. The van der Waals surface area contributed by atoms with Crippen LogP contribution >= 0.6 is 0 Å². The van der Waals surface area contributed by atoms with Gasteiger partial charge in [0.05, 0.1) is 19.5 Å². The minimum absolute atomic E-state index is 0.000195. The first-order valence-electron chi connectivity index (χ1n) is 7.11.